The number of hydrogen-bond donors (Lipinski definition) is 2. The third-order valence-electron chi connectivity index (χ3n) is 4.43. The maximum absolute atomic E-state index is 12.6. The molecule has 0 aromatic carbocycles. The van der Waals surface area contributed by atoms with Gasteiger partial charge in [0, 0.05) is 19.3 Å². The van der Waals surface area contributed by atoms with Crippen LogP contribution in [0.2, 0.25) is 0 Å². The minimum absolute atomic E-state index is 0.0219. The number of nitrogens with one attached hydrogen (secondary N) is 1. The van der Waals surface area contributed by atoms with Crippen LogP contribution in [-0.4, -0.2) is 49.8 Å². The molecule has 0 bridgehead atoms. The van der Waals surface area contributed by atoms with E-state index in [9.17, 15) is 9.90 Å². The number of aliphatic hydroxyl groups is 1. The van der Waals surface area contributed by atoms with Gasteiger partial charge >= 0.3 is 0 Å². The molecule has 0 atom stereocenters. The lowest BCUT2D eigenvalue weighted by Crippen LogP contribution is -2.40. The summed E-state index contributed by atoms with van der Waals surface area (Å²) in [5.74, 6) is 0.450. The van der Waals surface area contributed by atoms with Crippen molar-refractivity contribution < 1.29 is 9.90 Å². The molecule has 0 saturated carbocycles. The Morgan fingerprint density at radius 2 is 2.08 bits per heavy atom. The van der Waals surface area contributed by atoms with Crippen molar-refractivity contribution in [2.24, 2.45) is 5.92 Å². The molecule has 2 aromatic heterocycles. The van der Waals surface area contributed by atoms with Crippen LogP contribution < -0.4 is 0 Å². The van der Waals surface area contributed by atoms with Gasteiger partial charge in [0.15, 0.2) is 0 Å². The minimum Gasteiger partial charge on any atom is -0.390 e. The van der Waals surface area contributed by atoms with Crippen LogP contribution in [0.15, 0.2) is 30.5 Å². The highest BCUT2D eigenvalue weighted by Gasteiger charge is 2.28. The lowest BCUT2D eigenvalue weighted by molar-refractivity contribution is 0.0357. The number of H-pyrrole nitrogens is 1. The summed E-state index contributed by atoms with van der Waals surface area (Å²) in [7, 11) is 0. The van der Waals surface area contributed by atoms with E-state index >= 15 is 0 Å². The van der Waals surface area contributed by atoms with Crippen LogP contribution in [0.1, 0.15) is 43.6 Å². The summed E-state index contributed by atoms with van der Waals surface area (Å²) in [5, 5.41) is 17.0. The van der Waals surface area contributed by atoms with Gasteiger partial charge in [0.1, 0.15) is 11.4 Å². The zero-order valence-corrected chi connectivity index (χ0v) is 14.2. The summed E-state index contributed by atoms with van der Waals surface area (Å²) in [5.41, 5.74) is 1.28. The highest BCUT2D eigenvalue weighted by molar-refractivity contribution is 5.93. The number of carbonyl (C=O) groups excluding carboxylic acids is 1. The van der Waals surface area contributed by atoms with Gasteiger partial charge in [0.05, 0.1) is 11.3 Å². The molecule has 0 radical (unpaired) electrons. The second kappa shape index (κ2) is 6.73. The van der Waals surface area contributed by atoms with Crippen molar-refractivity contribution in [2.45, 2.75) is 38.7 Å². The second-order valence-electron chi connectivity index (χ2n) is 7.13. The number of carbonyl (C=O) groups is 1. The molecule has 1 amide bonds. The molecule has 0 aliphatic carbocycles. The molecule has 0 spiro atoms. The fraction of sp³-hybridized carbons (Fsp3) is 0.500. The average Bonchev–Trinajstić information content (AvgIpc) is 3.04. The summed E-state index contributed by atoms with van der Waals surface area (Å²) >= 11 is 0. The maximum Gasteiger partial charge on any atom is 0.271 e. The fourth-order valence-corrected chi connectivity index (χ4v) is 3.29. The molecular weight excluding hydrogens is 304 g/mol. The monoisotopic (exact) mass is 328 g/mol. The van der Waals surface area contributed by atoms with E-state index in [1.165, 1.54) is 0 Å². The van der Waals surface area contributed by atoms with Crippen molar-refractivity contribution in [1.82, 2.24) is 20.1 Å². The molecule has 1 aliphatic rings. The Morgan fingerprint density at radius 1 is 1.33 bits per heavy atom. The van der Waals surface area contributed by atoms with Gasteiger partial charge in [0.2, 0.25) is 0 Å². The third-order valence-corrected chi connectivity index (χ3v) is 4.43. The molecule has 0 unspecified atom stereocenters. The standard InChI is InChI=1S/C18H24N4O2/c1-18(2,24)12-13-6-9-22(10-7-13)17(23)16-11-15(20-21-16)14-5-3-4-8-19-14/h3-5,8,11,13,24H,6-7,9-10,12H2,1-2H3,(H,20,21). The molecule has 1 fully saturated rings. The van der Waals surface area contributed by atoms with Crippen LogP contribution in [0.4, 0.5) is 0 Å². The number of rotatable bonds is 4. The summed E-state index contributed by atoms with van der Waals surface area (Å²) in [6, 6.07) is 7.37. The average molecular weight is 328 g/mol. The Labute approximate surface area is 141 Å². The molecule has 3 heterocycles. The quantitative estimate of drug-likeness (QED) is 0.903. The Morgan fingerprint density at radius 3 is 2.71 bits per heavy atom. The van der Waals surface area contributed by atoms with E-state index in [-0.39, 0.29) is 5.91 Å². The number of amides is 1. The van der Waals surface area contributed by atoms with E-state index in [4.69, 9.17) is 0 Å². The predicted octanol–water partition coefficient (Wildman–Crippen LogP) is 2.48. The van der Waals surface area contributed by atoms with Crippen LogP contribution in [-0.2, 0) is 0 Å². The molecule has 1 saturated heterocycles. The fourth-order valence-electron chi connectivity index (χ4n) is 3.29. The predicted molar refractivity (Wildman–Crippen MR) is 91.4 cm³/mol. The maximum atomic E-state index is 12.6. The molecule has 2 N–H and O–H groups in total. The van der Waals surface area contributed by atoms with Gasteiger partial charge in [-0.1, -0.05) is 6.07 Å². The normalized spacial score (nSPS) is 16.4. The van der Waals surface area contributed by atoms with Crippen LogP contribution >= 0.6 is 0 Å². The number of hydrogen-bond acceptors (Lipinski definition) is 4. The number of likely N-dealkylation sites (tertiary alicyclic amines) is 1. The Balaban J connectivity index is 1.61. The highest BCUT2D eigenvalue weighted by atomic mass is 16.3. The molecular formula is C18H24N4O2. The number of aromatic amines is 1. The Bertz CT molecular complexity index is 683. The Kier molecular flexibility index (Phi) is 4.66. The third kappa shape index (κ3) is 4.00. The van der Waals surface area contributed by atoms with Gasteiger partial charge in [-0.3, -0.25) is 14.9 Å². The molecule has 24 heavy (non-hydrogen) atoms. The van der Waals surface area contributed by atoms with Crippen LogP contribution in [0.5, 0.6) is 0 Å². The van der Waals surface area contributed by atoms with Crippen molar-refractivity contribution >= 4 is 5.91 Å². The van der Waals surface area contributed by atoms with Crippen LogP contribution in [0, 0.1) is 5.92 Å². The van der Waals surface area contributed by atoms with Gasteiger partial charge in [-0.15, -0.1) is 0 Å². The lowest BCUT2D eigenvalue weighted by atomic mass is 9.86. The largest absolute Gasteiger partial charge is 0.390 e. The summed E-state index contributed by atoms with van der Waals surface area (Å²) < 4.78 is 0. The van der Waals surface area contributed by atoms with E-state index in [2.05, 4.69) is 15.2 Å². The summed E-state index contributed by atoms with van der Waals surface area (Å²) in [4.78, 5) is 18.7. The van der Waals surface area contributed by atoms with Crippen molar-refractivity contribution in [2.75, 3.05) is 13.1 Å². The van der Waals surface area contributed by atoms with Gasteiger partial charge in [-0.05, 0) is 57.2 Å². The highest BCUT2D eigenvalue weighted by Crippen LogP contribution is 2.27. The molecule has 2 aromatic rings. The second-order valence-corrected chi connectivity index (χ2v) is 7.13. The van der Waals surface area contributed by atoms with Gasteiger partial charge < -0.3 is 10.0 Å². The lowest BCUT2D eigenvalue weighted by Gasteiger charge is -2.34. The molecule has 3 rings (SSSR count). The zero-order chi connectivity index (χ0) is 17.2. The first-order chi connectivity index (χ1) is 11.4. The van der Waals surface area contributed by atoms with Gasteiger partial charge in [-0.2, -0.15) is 5.10 Å². The van der Waals surface area contributed by atoms with Crippen molar-refractivity contribution in [3.05, 3.63) is 36.2 Å². The van der Waals surface area contributed by atoms with E-state index < -0.39 is 5.60 Å². The number of aromatic nitrogens is 3. The Hall–Kier alpha value is -2.21. The first-order valence-corrected chi connectivity index (χ1v) is 8.41. The molecule has 6 nitrogen and oxygen atoms in total. The van der Waals surface area contributed by atoms with E-state index in [0.717, 1.165) is 38.0 Å². The van der Waals surface area contributed by atoms with E-state index in [1.807, 2.05) is 36.9 Å². The van der Waals surface area contributed by atoms with Crippen molar-refractivity contribution in [3.8, 4) is 11.4 Å². The van der Waals surface area contributed by atoms with E-state index in [0.29, 0.717) is 17.3 Å². The smallest absolute Gasteiger partial charge is 0.271 e. The van der Waals surface area contributed by atoms with Gasteiger partial charge in [-0.25, -0.2) is 0 Å². The first-order valence-electron chi connectivity index (χ1n) is 8.41. The summed E-state index contributed by atoms with van der Waals surface area (Å²) in [6.07, 6.45) is 4.34. The zero-order valence-electron chi connectivity index (χ0n) is 14.2. The molecule has 128 valence electrons. The minimum atomic E-state index is -0.641. The van der Waals surface area contributed by atoms with Gasteiger partial charge in [0.25, 0.3) is 5.91 Å². The first kappa shape index (κ1) is 16.6. The van der Waals surface area contributed by atoms with Crippen LogP contribution in [0.3, 0.4) is 0 Å². The van der Waals surface area contributed by atoms with E-state index in [1.54, 1.807) is 12.3 Å². The van der Waals surface area contributed by atoms with Crippen LogP contribution in [0.25, 0.3) is 11.4 Å². The molecule has 6 heteroatoms. The number of pyridine rings is 1. The SMILES string of the molecule is CC(C)(O)CC1CCN(C(=O)c2cc(-c3ccccn3)n[nH]2)CC1. The van der Waals surface area contributed by atoms with Crippen molar-refractivity contribution in [1.29, 1.82) is 0 Å². The molecule has 1 aliphatic heterocycles. The number of nitrogens with zero attached hydrogens (tertiary/aromatic N) is 3. The number of piperidine rings is 1. The van der Waals surface area contributed by atoms with Crippen molar-refractivity contribution in [3.63, 3.8) is 0 Å². The topological polar surface area (TPSA) is 82.1 Å². The summed E-state index contributed by atoms with van der Waals surface area (Å²) in [6.45, 7) is 5.12.